The van der Waals surface area contributed by atoms with E-state index in [1.807, 2.05) is 49.4 Å². The van der Waals surface area contributed by atoms with Crippen molar-refractivity contribution in [1.82, 2.24) is 0 Å². The summed E-state index contributed by atoms with van der Waals surface area (Å²) in [5.41, 5.74) is 3.05. The molecule has 1 N–H and O–H groups in total. The van der Waals surface area contributed by atoms with Gasteiger partial charge in [0.15, 0.2) is 0 Å². The Hall–Kier alpha value is -1.84. The summed E-state index contributed by atoms with van der Waals surface area (Å²) in [5.74, 6) is -0.147. The Morgan fingerprint density at radius 2 is 1.95 bits per heavy atom. The first-order valence-corrected chi connectivity index (χ1v) is 8.38. The molecule has 4 heteroatoms. The molecule has 0 atom stereocenters. The van der Waals surface area contributed by atoms with E-state index in [1.165, 1.54) is 11.3 Å². The fourth-order valence-electron chi connectivity index (χ4n) is 2.55. The molecule has 1 amide bonds. The van der Waals surface area contributed by atoms with Crippen molar-refractivity contribution >= 4 is 44.6 Å². The van der Waals surface area contributed by atoms with Crippen molar-refractivity contribution < 1.29 is 4.79 Å². The molecule has 3 rings (SSSR count). The van der Waals surface area contributed by atoms with Crippen molar-refractivity contribution in [2.24, 2.45) is 0 Å². The van der Waals surface area contributed by atoms with Crippen LogP contribution in [-0.4, -0.2) is 5.91 Å². The number of hydrogen-bond acceptors (Lipinski definition) is 2. The van der Waals surface area contributed by atoms with Crippen molar-refractivity contribution in [2.45, 2.75) is 20.3 Å². The van der Waals surface area contributed by atoms with E-state index in [9.17, 15) is 4.79 Å². The fourth-order valence-corrected chi connectivity index (χ4v) is 4.13. The molecule has 0 saturated carbocycles. The number of halogens is 1. The van der Waals surface area contributed by atoms with E-state index in [-0.39, 0.29) is 5.91 Å². The molecule has 0 bridgehead atoms. The average molecular weight is 330 g/mol. The van der Waals surface area contributed by atoms with Gasteiger partial charge in [0, 0.05) is 15.8 Å². The summed E-state index contributed by atoms with van der Waals surface area (Å²) in [5, 5.41) is 4.51. The lowest BCUT2D eigenvalue weighted by atomic mass is 10.1. The van der Waals surface area contributed by atoms with Crippen LogP contribution in [0.5, 0.6) is 0 Å². The second-order valence-electron chi connectivity index (χ2n) is 5.16. The second-order valence-corrected chi connectivity index (χ2v) is 6.59. The van der Waals surface area contributed by atoms with Crippen molar-refractivity contribution in [3.05, 3.63) is 63.5 Å². The number of aryl methyl sites for hydroxylation is 2. The molecule has 0 aliphatic carbocycles. The van der Waals surface area contributed by atoms with Gasteiger partial charge in [0.1, 0.15) is 4.88 Å². The van der Waals surface area contributed by atoms with E-state index < -0.39 is 0 Å². The number of nitrogens with one attached hydrogen (secondary N) is 1. The van der Waals surface area contributed by atoms with Crippen molar-refractivity contribution in [3.63, 3.8) is 0 Å². The van der Waals surface area contributed by atoms with Crippen molar-refractivity contribution in [3.8, 4) is 0 Å². The molecular formula is C18H16ClNOS. The highest BCUT2D eigenvalue weighted by Gasteiger charge is 2.18. The number of thiophene rings is 1. The minimum Gasteiger partial charge on any atom is -0.321 e. The van der Waals surface area contributed by atoms with Crippen LogP contribution in [0.1, 0.15) is 27.7 Å². The zero-order valence-electron chi connectivity index (χ0n) is 12.4. The molecule has 1 heterocycles. The summed E-state index contributed by atoms with van der Waals surface area (Å²) < 4.78 is 1.04. The Morgan fingerprint density at radius 1 is 1.18 bits per heavy atom. The molecule has 2 aromatic carbocycles. The van der Waals surface area contributed by atoms with Crippen LogP contribution in [0.4, 0.5) is 5.69 Å². The van der Waals surface area contributed by atoms with E-state index in [0.29, 0.717) is 9.90 Å². The third-order valence-electron chi connectivity index (χ3n) is 3.72. The van der Waals surface area contributed by atoms with Gasteiger partial charge in [0.2, 0.25) is 0 Å². The summed E-state index contributed by atoms with van der Waals surface area (Å²) >= 11 is 7.88. The van der Waals surface area contributed by atoms with Crippen LogP contribution >= 0.6 is 22.9 Å². The normalized spacial score (nSPS) is 10.9. The lowest BCUT2D eigenvalue weighted by Crippen LogP contribution is -2.12. The standard InChI is InChI=1S/C18H16ClNOS/c1-3-12-8-4-5-9-13(12)20-18(21)17-16(19)15-11(2)7-6-10-14(15)22-17/h4-10H,3H2,1-2H3,(H,20,21). The van der Waals surface area contributed by atoms with E-state index >= 15 is 0 Å². The first-order chi connectivity index (χ1) is 10.6. The molecule has 0 spiro atoms. The molecule has 0 aliphatic heterocycles. The number of fused-ring (bicyclic) bond motifs is 1. The summed E-state index contributed by atoms with van der Waals surface area (Å²) in [6.07, 6.45) is 0.871. The summed E-state index contributed by atoms with van der Waals surface area (Å²) in [7, 11) is 0. The van der Waals surface area contributed by atoms with Gasteiger partial charge in [-0.1, -0.05) is 48.9 Å². The molecule has 0 radical (unpaired) electrons. The number of hydrogen-bond donors (Lipinski definition) is 1. The van der Waals surface area contributed by atoms with Gasteiger partial charge in [-0.3, -0.25) is 4.79 Å². The molecule has 3 aromatic rings. The fraction of sp³-hybridized carbons (Fsp3) is 0.167. The number of anilines is 1. The number of benzene rings is 2. The Balaban J connectivity index is 1.99. The number of carbonyl (C=O) groups excluding carboxylic acids is 1. The maximum absolute atomic E-state index is 12.6. The molecule has 1 aromatic heterocycles. The average Bonchev–Trinajstić information content (AvgIpc) is 2.86. The first-order valence-electron chi connectivity index (χ1n) is 7.18. The molecule has 0 saturated heterocycles. The zero-order valence-corrected chi connectivity index (χ0v) is 14.0. The highest BCUT2D eigenvalue weighted by Crippen LogP contribution is 2.37. The van der Waals surface area contributed by atoms with Crippen LogP contribution in [0.3, 0.4) is 0 Å². The van der Waals surface area contributed by atoms with Crippen LogP contribution in [0, 0.1) is 6.92 Å². The molecule has 0 aliphatic rings. The molecular weight excluding hydrogens is 314 g/mol. The topological polar surface area (TPSA) is 29.1 Å². The van der Waals surface area contributed by atoms with E-state index in [1.54, 1.807) is 0 Å². The lowest BCUT2D eigenvalue weighted by Gasteiger charge is -2.08. The van der Waals surface area contributed by atoms with E-state index in [4.69, 9.17) is 11.6 Å². The maximum atomic E-state index is 12.6. The number of para-hydroxylation sites is 1. The van der Waals surface area contributed by atoms with Gasteiger partial charge in [-0.25, -0.2) is 0 Å². The van der Waals surface area contributed by atoms with Gasteiger partial charge in [-0.15, -0.1) is 11.3 Å². The quantitative estimate of drug-likeness (QED) is 0.658. The molecule has 2 nitrogen and oxygen atoms in total. The van der Waals surface area contributed by atoms with Gasteiger partial charge in [-0.05, 0) is 36.6 Å². The van der Waals surface area contributed by atoms with Crippen LogP contribution in [0.2, 0.25) is 5.02 Å². The maximum Gasteiger partial charge on any atom is 0.267 e. The number of rotatable bonds is 3. The monoisotopic (exact) mass is 329 g/mol. The molecule has 22 heavy (non-hydrogen) atoms. The van der Waals surface area contributed by atoms with Crippen molar-refractivity contribution in [1.29, 1.82) is 0 Å². The third kappa shape index (κ3) is 2.62. The predicted octanol–water partition coefficient (Wildman–Crippen LogP) is 5.68. The lowest BCUT2D eigenvalue weighted by molar-refractivity contribution is 0.103. The van der Waals surface area contributed by atoms with Gasteiger partial charge in [-0.2, -0.15) is 0 Å². The third-order valence-corrected chi connectivity index (χ3v) is 5.36. The second kappa shape index (κ2) is 6.11. The molecule has 0 fully saturated rings. The molecule has 0 unspecified atom stereocenters. The largest absolute Gasteiger partial charge is 0.321 e. The van der Waals surface area contributed by atoms with Crippen LogP contribution in [-0.2, 0) is 6.42 Å². The van der Waals surface area contributed by atoms with Crippen LogP contribution in [0.15, 0.2) is 42.5 Å². The van der Waals surface area contributed by atoms with E-state index in [0.717, 1.165) is 33.3 Å². The first kappa shape index (κ1) is 15.1. The molecule has 112 valence electrons. The smallest absolute Gasteiger partial charge is 0.267 e. The highest BCUT2D eigenvalue weighted by molar-refractivity contribution is 7.21. The summed E-state index contributed by atoms with van der Waals surface area (Å²) in [6, 6.07) is 13.8. The predicted molar refractivity (Wildman–Crippen MR) is 95.3 cm³/mol. The van der Waals surface area contributed by atoms with Gasteiger partial charge >= 0.3 is 0 Å². The Morgan fingerprint density at radius 3 is 2.68 bits per heavy atom. The van der Waals surface area contributed by atoms with Crippen LogP contribution < -0.4 is 5.32 Å². The number of carbonyl (C=O) groups is 1. The Kier molecular flexibility index (Phi) is 4.19. The Bertz CT molecular complexity index is 853. The van der Waals surface area contributed by atoms with Gasteiger partial charge < -0.3 is 5.32 Å². The Labute approximate surface area is 138 Å². The number of amides is 1. The summed E-state index contributed by atoms with van der Waals surface area (Å²) in [4.78, 5) is 13.2. The zero-order chi connectivity index (χ0) is 15.7. The summed E-state index contributed by atoms with van der Waals surface area (Å²) in [6.45, 7) is 4.08. The minimum atomic E-state index is -0.147. The minimum absolute atomic E-state index is 0.147. The van der Waals surface area contributed by atoms with Crippen molar-refractivity contribution in [2.75, 3.05) is 5.32 Å². The highest BCUT2D eigenvalue weighted by atomic mass is 35.5. The van der Waals surface area contributed by atoms with Gasteiger partial charge in [0.05, 0.1) is 5.02 Å². The van der Waals surface area contributed by atoms with E-state index in [2.05, 4.69) is 12.2 Å². The SMILES string of the molecule is CCc1ccccc1NC(=O)c1sc2cccc(C)c2c1Cl. The van der Waals surface area contributed by atoms with Gasteiger partial charge in [0.25, 0.3) is 5.91 Å². The van der Waals surface area contributed by atoms with Crippen LogP contribution in [0.25, 0.3) is 10.1 Å².